The molecule has 3 rings (SSSR count). The second-order valence-corrected chi connectivity index (χ2v) is 16.2. The quantitative estimate of drug-likeness (QED) is 0.0328. The molecule has 0 aromatic rings. The minimum absolute atomic E-state index is 0.233. The summed E-state index contributed by atoms with van der Waals surface area (Å²) in [6.07, 6.45) is -5.91. The van der Waals surface area contributed by atoms with Crippen LogP contribution in [0, 0.1) is 0 Å². The number of aliphatic hydroxyl groups excluding tert-OH is 11. The van der Waals surface area contributed by atoms with Gasteiger partial charge in [-0.1, -0.05) is 89.5 Å². The fourth-order valence-corrected chi connectivity index (χ4v) is 7.44. The Balaban J connectivity index is 1.63. The lowest BCUT2D eigenvalue weighted by Crippen LogP contribution is -2.66. The smallest absolute Gasteiger partial charge is 0.220 e. The van der Waals surface area contributed by atoms with Crippen LogP contribution in [0.4, 0.5) is 0 Å². The molecule has 12 N–H and O–H groups in total. The van der Waals surface area contributed by atoms with Crippen molar-refractivity contribution in [3.05, 3.63) is 24.3 Å². The van der Waals surface area contributed by atoms with E-state index in [4.69, 9.17) is 28.4 Å². The Morgan fingerprint density at radius 1 is 0.574 bits per heavy atom. The van der Waals surface area contributed by atoms with Crippen molar-refractivity contribution >= 4 is 5.91 Å². The minimum atomic E-state index is -1.97. The molecule has 3 aliphatic rings. The first-order chi connectivity index (χ1) is 29.3. The number of carbonyl (C=O) groups is 1. The Morgan fingerprint density at radius 2 is 1.05 bits per heavy atom. The molecule has 3 heterocycles. The van der Waals surface area contributed by atoms with Gasteiger partial charge in [0.15, 0.2) is 18.9 Å². The zero-order valence-electron chi connectivity index (χ0n) is 35.6. The van der Waals surface area contributed by atoms with Gasteiger partial charge in [-0.15, -0.1) is 0 Å². The van der Waals surface area contributed by atoms with Crippen LogP contribution in [0.3, 0.4) is 0 Å². The highest BCUT2D eigenvalue weighted by molar-refractivity contribution is 5.76. The number of aliphatic hydroxyl groups is 11. The number of hydrogen-bond donors (Lipinski definition) is 12. The molecule has 0 aromatic carbocycles. The molecule has 19 heteroatoms. The summed E-state index contributed by atoms with van der Waals surface area (Å²) in [7, 11) is 0. The van der Waals surface area contributed by atoms with E-state index in [1.165, 1.54) is 19.3 Å². The Hall–Kier alpha value is -1.73. The molecule has 0 spiro atoms. The van der Waals surface area contributed by atoms with Gasteiger partial charge in [-0.05, 0) is 32.1 Å². The molecule has 3 fully saturated rings. The highest BCUT2D eigenvalue weighted by atomic mass is 16.8. The van der Waals surface area contributed by atoms with E-state index in [2.05, 4.69) is 31.3 Å². The van der Waals surface area contributed by atoms with Crippen molar-refractivity contribution in [3.8, 4) is 0 Å². The average Bonchev–Trinajstić information content (AvgIpc) is 3.25. The summed E-state index contributed by atoms with van der Waals surface area (Å²) in [6.45, 7) is 1.51. The van der Waals surface area contributed by atoms with E-state index >= 15 is 0 Å². The SMILES string of the molecule is CCCCCC/C=C/CC/C=C/C(O)C(COC1OC(CO)C(OC2OC(CO)C(OC3OC(CO)C(O)C(O)C3O)C(O)C2O)C(O)C1O)NC(=O)CCCCCCCC. The average molecular weight is 882 g/mol. The van der Waals surface area contributed by atoms with Crippen molar-refractivity contribution in [3.63, 3.8) is 0 Å². The molecule has 0 radical (unpaired) electrons. The molecule has 3 saturated heterocycles. The van der Waals surface area contributed by atoms with E-state index in [1.807, 2.05) is 6.08 Å². The number of nitrogens with one attached hydrogen (secondary N) is 1. The molecule has 3 aliphatic heterocycles. The van der Waals surface area contributed by atoms with Gasteiger partial charge in [-0.2, -0.15) is 0 Å². The first-order valence-electron chi connectivity index (χ1n) is 22.1. The van der Waals surface area contributed by atoms with Crippen LogP contribution in [0.1, 0.15) is 104 Å². The predicted octanol–water partition coefficient (Wildman–Crippen LogP) is -1.09. The Labute approximate surface area is 358 Å². The van der Waals surface area contributed by atoms with Gasteiger partial charge in [0.2, 0.25) is 5.91 Å². The van der Waals surface area contributed by atoms with Crippen LogP contribution >= 0.6 is 0 Å². The van der Waals surface area contributed by atoms with Crippen LogP contribution in [-0.4, -0.2) is 193 Å². The van der Waals surface area contributed by atoms with E-state index in [1.54, 1.807) is 6.08 Å². The number of rotatable bonds is 28. The third-order valence-corrected chi connectivity index (χ3v) is 11.3. The van der Waals surface area contributed by atoms with Crippen LogP contribution in [0.25, 0.3) is 0 Å². The van der Waals surface area contributed by atoms with Gasteiger partial charge in [-0.25, -0.2) is 0 Å². The molecule has 1 amide bonds. The second-order valence-electron chi connectivity index (χ2n) is 16.2. The van der Waals surface area contributed by atoms with Crippen LogP contribution < -0.4 is 5.32 Å². The standard InChI is InChI=1S/C42H75NO18/c1-3-5-7-9-11-12-13-14-15-17-19-26(47)25(43-30(48)20-18-16-10-8-6-4-2)24-56-40-36(54)33(51)38(28(22-45)58-40)61-42-37(55)34(52)39(29(23-46)59-42)60-41-35(53)32(50)31(49)27(21-44)57-41/h12-13,17,19,25-29,31-42,44-47,49-55H,3-11,14-16,18,20-24H2,1-2H3,(H,43,48)/b13-12+,19-17+. The number of unbranched alkanes of at least 4 members (excludes halogenated alkanes) is 10. The second kappa shape index (κ2) is 28.9. The molecule has 17 unspecified atom stereocenters. The van der Waals surface area contributed by atoms with E-state index in [-0.39, 0.29) is 18.9 Å². The molecule has 17 atom stereocenters. The molecule has 0 aliphatic carbocycles. The fraction of sp³-hybridized carbons (Fsp3) is 0.881. The maximum atomic E-state index is 13.0. The Bertz CT molecular complexity index is 1240. The predicted molar refractivity (Wildman–Crippen MR) is 217 cm³/mol. The summed E-state index contributed by atoms with van der Waals surface area (Å²) in [6, 6.07) is -0.978. The van der Waals surface area contributed by atoms with Crippen molar-refractivity contribution in [1.82, 2.24) is 5.32 Å². The van der Waals surface area contributed by atoms with Crippen molar-refractivity contribution in [1.29, 1.82) is 0 Å². The monoisotopic (exact) mass is 881 g/mol. The number of carbonyl (C=O) groups excluding carboxylic acids is 1. The van der Waals surface area contributed by atoms with E-state index in [9.17, 15) is 61.0 Å². The van der Waals surface area contributed by atoms with Gasteiger partial charge in [-0.3, -0.25) is 4.79 Å². The van der Waals surface area contributed by atoms with Gasteiger partial charge in [0.05, 0.1) is 38.6 Å². The molecule has 19 nitrogen and oxygen atoms in total. The van der Waals surface area contributed by atoms with Gasteiger partial charge in [0, 0.05) is 6.42 Å². The molecular formula is C42H75NO18. The fourth-order valence-electron chi connectivity index (χ4n) is 7.44. The van der Waals surface area contributed by atoms with E-state index < -0.39 is 124 Å². The third-order valence-electron chi connectivity index (χ3n) is 11.3. The lowest BCUT2D eigenvalue weighted by atomic mass is 9.96. The Kier molecular flexibility index (Phi) is 25.4. The summed E-state index contributed by atoms with van der Waals surface area (Å²) in [5, 5.41) is 119. The molecule has 0 saturated carbocycles. The number of hydrogen-bond acceptors (Lipinski definition) is 18. The number of allylic oxidation sites excluding steroid dienone is 3. The molecule has 0 aromatic heterocycles. The molecule has 356 valence electrons. The topological polar surface area (TPSA) is 307 Å². The third kappa shape index (κ3) is 16.6. The highest BCUT2D eigenvalue weighted by Gasteiger charge is 2.53. The normalized spacial score (nSPS) is 35.8. The number of ether oxygens (including phenoxy) is 6. The maximum Gasteiger partial charge on any atom is 0.220 e. The van der Waals surface area contributed by atoms with Crippen molar-refractivity contribution in [2.75, 3.05) is 26.4 Å². The zero-order valence-corrected chi connectivity index (χ0v) is 35.6. The van der Waals surface area contributed by atoms with Crippen LogP contribution in [0.5, 0.6) is 0 Å². The number of amides is 1. The van der Waals surface area contributed by atoms with Gasteiger partial charge >= 0.3 is 0 Å². The maximum absolute atomic E-state index is 13.0. The van der Waals surface area contributed by atoms with Crippen LogP contribution in [0.15, 0.2) is 24.3 Å². The first-order valence-corrected chi connectivity index (χ1v) is 22.1. The van der Waals surface area contributed by atoms with Crippen molar-refractivity contribution < 1.29 is 89.4 Å². The zero-order chi connectivity index (χ0) is 44.9. The highest BCUT2D eigenvalue weighted by Crippen LogP contribution is 2.33. The lowest BCUT2D eigenvalue weighted by molar-refractivity contribution is -0.379. The van der Waals surface area contributed by atoms with Crippen LogP contribution in [0.2, 0.25) is 0 Å². The molecular weight excluding hydrogens is 806 g/mol. The van der Waals surface area contributed by atoms with Gasteiger partial charge in [0.1, 0.15) is 73.2 Å². The summed E-state index contributed by atoms with van der Waals surface area (Å²) in [4.78, 5) is 13.0. The largest absolute Gasteiger partial charge is 0.394 e. The minimum Gasteiger partial charge on any atom is -0.394 e. The lowest BCUT2D eigenvalue weighted by Gasteiger charge is -2.48. The van der Waals surface area contributed by atoms with Gasteiger partial charge in [0.25, 0.3) is 0 Å². The summed E-state index contributed by atoms with van der Waals surface area (Å²) in [5.74, 6) is -0.301. The van der Waals surface area contributed by atoms with E-state index in [0.717, 1.165) is 51.4 Å². The van der Waals surface area contributed by atoms with Gasteiger partial charge < -0.3 is 89.9 Å². The summed E-state index contributed by atoms with van der Waals surface area (Å²) < 4.78 is 33.8. The first kappa shape index (κ1) is 53.6. The van der Waals surface area contributed by atoms with Crippen LogP contribution in [-0.2, 0) is 33.2 Å². The Morgan fingerprint density at radius 3 is 1.64 bits per heavy atom. The summed E-state index contributed by atoms with van der Waals surface area (Å²) in [5.41, 5.74) is 0. The molecule has 0 bridgehead atoms. The summed E-state index contributed by atoms with van der Waals surface area (Å²) >= 11 is 0. The van der Waals surface area contributed by atoms with Crippen molar-refractivity contribution in [2.45, 2.75) is 208 Å². The van der Waals surface area contributed by atoms with E-state index in [0.29, 0.717) is 12.8 Å². The molecule has 61 heavy (non-hydrogen) atoms. The van der Waals surface area contributed by atoms with Crippen molar-refractivity contribution in [2.24, 2.45) is 0 Å².